The van der Waals surface area contributed by atoms with Crippen LogP contribution >= 0.6 is 27.5 Å². The Kier molecular flexibility index (Phi) is 6.08. The Hall–Kier alpha value is -0.580. The predicted molar refractivity (Wildman–Crippen MR) is 94.2 cm³/mol. The largest absolute Gasteiger partial charge is 0.328 e. The van der Waals surface area contributed by atoms with Crippen LogP contribution in [0, 0.1) is 0 Å². The lowest BCUT2D eigenvalue weighted by Crippen LogP contribution is -2.28. The summed E-state index contributed by atoms with van der Waals surface area (Å²) in [6.07, 6.45) is 1.93. The van der Waals surface area contributed by atoms with E-state index in [1.807, 2.05) is 0 Å². The van der Waals surface area contributed by atoms with E-state index >= 15 is 0 Å². The number of fused-ring (bicyclic) bond motifs is 1. The molecule has 5 heteroatoms. The molecule has 116 valence electrons. The number of imidazole rings is 1. The molecular formula is C16H23BrClN3. The van der Waals surface area contributed by atoms with Crippen molar-refractivity contribution >= 4 is 38.6 Å². The molecule has 0 atom stereocenters. The molecule has 0 saturated heterocycles. The van der Waals surface area contributed by atoms with Crippen LogP contribution in [-0.2, 0) is 13.0 Å². The van der Waals surface area contributed by atoms with Gasteiger partial charge in [-0.1, -0.05) is 15.9 Å². The molecule has 2 aromatic rings. The minimum atomic E-state index is 0.586. The molecule has 0 aliphatic rings. The zero-order valence-corrected chi connectivity index (χ0v) is 15.3. The highest BCUT2D eigenvalue weighted by Gasteiger charge is 2.11. The number of benzene rings is 1. The maximum absolute atomic E-state index is 5.92. The van der Waals surface area contributed by atoms with Gasteiger partial charge in [-0.15, -0.1) is 11.6 Å². The zero-order chi connectivity index (χ0) is 15.4. The van der Waals surface area contributed by atoms with E-state index in [9.17, 15) is 0 Å². The molecule has 0 N–H and O–H groups in total. The standard InChI is InChI=1S/C16H23BrClN3/c1-12(2)20(3)9-4-10-21-15-6-5-13(17)11-14(15)19-16(21)7-8-18/h5-6,11-12H,4,7-10H2,1-3H3. The number of rotatable bonds is 7. The first kappa shape index (κ1) is 16.8. The lowest BCUT2D eigenvalue weighted by atomic mass is 10.3. The molecule has 0 aliphatic carbocycles. The Bertz CT molecular complexity index is 594. The number of nitrogens with zero attached hydrogens (tertiary/aromatic N) is 3. The highest BCUT2D eigenvalue weighted by Crippen LogP contribution is 2.22. The highest BCUT2D eigenvalue weighted by molar-refractivity contribution is 9.10. The van der Waals surface area contributed by atoms with Gasteiger partial charge in [0, 0.05) is 29.4 Å². The first-order valence-corrected chi connectivity index (χ1v) is 8.76. The van der Waals surface area contributed by atoms with Crippen LogP contribution in [0.15, 0.2) is 22.7 Å². The molecule has 1 heterocycles. The molecule has 1 aromatic heterocycles. The molecule has 2 rings (SSSR count). The van der Waals surface area contributed by atoms with Crippen molar-refractivity contribution in [2.45, 2.75) is 39.3 Å². The molecule has 21 heavy (non-hydrogen) atoms. The first-order chi connectivity index (χ1) is 10.0. The van der Waals surface area contributed by atoms with Crippen LogP contribution in [0.2, 0.25) is 0 Å². The predicted octanol–water partition coefficient (Wildman–Crippen LogP) is 4.31. The summed E-state index contributed by atoms with van der Waals surface area (Å²) in [4.78, 5) is 7.10. The maximum Gasteiger partial charge on any atom is 0.111 e. The van der Waals surface area contributed by atoms with Crippen LogP contribution in [0.1, 0.15) is 26.1 Å². The van der Waals surface area contributed by atoms with Crippen molar-refractivity contribution < 1.29 is 0 Å². The normalized spacial score (nSPS) is 12.0. The van der Waals surface area contributed by atoms with Crippen molar-refractivity contribution in [1.82, 2.24) is 14.5 Å². The lowest BCUT2D eigenvalue weighted by Gasteiger charge is -2.21. The first-order valence-electron chi connectivity index (χ1n) is 7.43. The van der Waals surface area contributed by atoms with Gasteiger partial charge in [0.25, 0.3) is 0 Å². The fourth-order valence-electron chi connectivity index (χ4n) is 2.41. The van der Waals surface area contributed by atoms with Crippen LogP contribution in [-0.4, -0.2) is 40.0 Å². The highest BCUT2D eigenvalue weighted by atomic mass is 79.9. The Morgan fingerprint density at radius 3 is 2.81 bits per heavy atom. The molecule has 1 aromatic carbocycles. The molecule has 0 bridgehead atoms. The van der Waals surface area contributed by atoms with Crippen LogP contribution in [0.3, 0.4) is 0 Å². The minimum Gasteiger partial charge on any atom is -0.328 e. The van der Waals surface area contributed by atoms with E-state index in [1.165, 1.54) is 5.52 Å². The Balaban J connectivity index is 2.18. The Morgan fingerprint density at radius 2 is 2.14 bits per heavy atom. The summed E-state index contributed by atoms with van der Waals surface area (Å²) in [5, 5.41) is 0. The summed E-state index contributed by atoms with van der Waals surface area (Å²) in [6.45, 7) is 6.53. The third kappa shape index (κ3) is 4.21. The van der Waals surface area contributed by atoms with Crippen LogP contribution < -0.4 is 0 Å². The van der Waals surface area contributed by atoms with Gasteiger partial charge in [-0.3, -0.25) is 0 Å². The third-order valence-corrected chi connectivity index (χ3v) is 4.56. The molecule has 0 aliphatic heterocycles. The fraction of sp³-hybridized carbons (Fsp3) is 0.562. The maximum atomic E-state index is 5.92. The van der Waals surface area contributed by atoms with E-state index < -0.39 is 0 Å². The van der Waals surface area contributed by atoms with Crippen molar-refractivity contribution in [3.63, 3.8) is 0 Å². The zero-order valence-electron chi connectivity index (χ0n) is 12.9. The van der Waals surface area contributed by atoms with Crippen LogP contribution in [0.25, 0.3) is 11.0 Å². The number of alkyl halides is 1. The van der Waals surface area contributed by atoms with E-state index in [1.54, 1.807) is 0 Å². The summed E-state index contributed by atoms with van der Waals surface area (Å²) < 4.78 is 3.38. The van der Waals surface area contributed by atoms with E-state index in [2.05, 4.69) is 64.5 Å². The second-order valence-corrected chi connectivity index (χ2v) is 6.97. The van der Waals surface area contributed by atoms with Gasteiger partial charge < -0.3 is 9.47 Å². The monoisotopic (exact) mass is 371 g/mol. The Morgan fingerprint density at radius 1 is 1.38 bits per heavy atom. The van der Waals surface area contributed by atoms with Gasteiger partial charge in [0.15, 0.2) is 0 Å². The van der Waals surface area contributed by atoms with Crippen molar-refractivity contribution in [3.05, 3.63) is 28.5 Å². The van der Waals surface area contributed by atoms with Crippen molar-refractivity contribution in [1.29, 1.82) is 0 Å². The number of halogens is 2. The number of aryl methyl sites for hydroxylation is 2. The quantitative estimate of drug-likeness (QED) is 0.675. The van der Waals surface area contributed by atoms with E-state index in [0.29, 0.717) is 11.9 Å². The molecule has 0 amide bonds. The van der Waals surface area contributed by atoms with Crippen LogP contribution in [0.5, 0.6) is 0 Å². The molecular weight excluding hydrogens is 350 g/mol. The topological polar surface area (TPSA) is 21.1 Å². The van der Waals surface area contributed by atoms with E-state index in [4.69, 9.17) is 16.6 Å². The van der Waals surface area contributed by atoms with Gasteiger partial charge in [-0.05, 0) is 52.1 Å². The summed E-state index contributed by atoms with van der Waals surface area (Å²) >= 11 is 9.43. The van der Waals surface area contributed by atoms with Crippen LogP contribution in [0.4, 0.5) is 0 Å². The summed E-state index contributed by atoms with van der Waals surface area (Å²) in [7, 11) is 2.17. The van der Waals surface area contributed by atoms with Gasteiger partial charge in [0.1, 0.15) is 5.82 Å². The van der Waals surface area contributed by atoms with Gasteiger partial charge >= 0.3 is 0 Å². The van der Waals surface area contributed by atoms with Crippen molar-refractivity contribution in [2.75, 3.05) is 19.5 Å². The van der Waals surface area contributed by atoms with Gasteiger partial charge in [0.2, 0.25) is 0 Å². The van der Waals surface area contributed by atoms with E-state index in [0.717, 1.165) is 41.7 Å². The Labute approximate surface area is 140 Å². The summed E-state index contributed by atoms with van der Waals surface area (Å²) in [5.41, 5.74) is 2.24. The number of hydrogen-bond acceptors (Lipinski definition) is 2. The van der Waals surface area contributed by atoms with Crippen molar-refractivity contribution in [3.8, 4) is 0 Å². The average Bonchev–Trinajstić information content (AvgIpc) is 2.76. The minimum absolute atomic E-state index is 0.586. The third-order valence-electron chi connectivity index (χ3n) is 3.88. The van der Waals surface area contributed by atoms with Gasteiger partial charge in [0.05, 0.1) is 11.0 Å². The molecule has 0 radical (unpaired) electrons. The lowest BCUT2D eigenvalue weighted by molar-refractivity contribution is 0.265. The number of hydrogen-bond donors (Lipinski definition) is 0. The smallest absolute Gasteiger partial charge is 0.111 e. The summed E-state index contributed by atoms with van der Waals surface area (Å²) in [5.74, 6) is 1.70. The van der Waals surface area contributed by atoms with Gasteiger partial charge in [-0.2, -0.15) is 0 Å². The molecule has 3 nitrogen and oxygen atoms in total. The van der Waals surface area contributed by atoms with Gasteiger partial charge in [-0.25, -0.2) is 4.98 Å². The molecule has 0 saturated carbocycles. The average molecular weight is 373 g/mol. The molecule has 0 fully saturated rings. The summed E-state index contributed by atoms with van der Waals surface area (Å²) in [6, 6.07) is 6.87. The van der Waals surface area contributed by atoms with E-state index in [-0.39, 0.29) is 0 Å². The fourth-order valence-corrected chi connectivity index (χ4v) is 2.93. The SMILES string of the molecule is CC(C)N(C)CCCn1c(CCCl)nc2cc(Br)ccc21. The van der Waals surface area contributed by atoms with Crippen molar-refractivity contribution in [2.24, 2.45) is 0 Å². The second-order valence-electron chi connectivity index (χ2n) is 5.68. The number of aromatic nitrogens is 2. The molecule has 0 unspecified atom stereocenters. The molecule has 0 spiro atoms. The second kappa shape index (κ2) is 7.61.